The van der Waals surface area contributed by atoms with Crippen molar-refractivity contribution >= 4 is 17.5 Å². The average molecular weight is 402 g/mol. The van der Waals surface area contributed by atoms with Gasteiger partial charge in [0.15, 0.2) is 6.10 Å². The Balaban J connectivity index is 1.63. The maximum Gasteiger partial charge on any atom is 0.265 e. The van der Waals surface area contributed by atoms with Gasteiger partial charge in [-0.1, -0.05) is 61.5 Å². The molecular formula is C25H26N2O3. The third kappa shape index (κ3) is 5.47. The smallest absolute Gasteiger partial charge is 0.265 e. The lowest BCUT2D eigenvalue weighted by atomic mass is 10.1. The molecule has 1 atom stereocenters. The van der Waals surface area contributed by atoms with Gasteiger partial charge in [-0.05, 0) is 48.7 Å². The van der Waals surface area contributed by atoms with Crippen LogP contribution in [0, 0.1) is 0 Å². The fourth-order valence-electron chi connectivity index (χ4n) is 2.97. The predicted molar refractivity (Wildman–Crippen MR) is 120 cm³/mol. The van der Waals surface area contributed by atoms with Gasteiger partial charge in [-0.2, -0.15) is 0 Å². The van der Waals surface area contributed by atoms with E-state index >= 15 is 0 Å². The van der Waals surface area contributed by atoms with Crippen LogP contribution in [0.5, 0.6) is 5.75 Å². The summed E-state index contributed by atoms with van der Waals surface area (Å²) in [4.78, 5) is 24.9. The van der Waals surface area contributed by atoms with E-state index in [-0.39, 0.29) is 11.8 Å². The Labute approximate surface area is 177 Å². The lowest BCUT2D eigenvalue weighted by Crippen LogP contribution is -2.31. The zero-order chi connectivity index (χ0) is 21.3. The number of anilines is 1. The monoisotopic (exact) mass is 402 g/mol. The first-order chi connectivity index (χ1) is 14.6. The Bertz CT molecular complexity index is 985. The summed E-state index contributed by atoms with van der Waals surface area (Å²) in [7, 11) is 0. The predicted octanol–water partition coefficient (Wildman–Crippen LogP) is 4.90. The van der Waals surface area contributed by atoms with Gasteiger partial charge in [-0.15, -0.1) is 0 Å². The highest BCUT2D eigenvalue weighted by atomic mass is 16.5. The molecular weight excluding hydrogens is 376 g/mol. The molecule has 1 unspecified atom stereocenters. The van der Waals surface area contributed by atoms with Crippen LogP contribution >= 0.6 is 0 Å². The van der Waals surface area contributed by atoms with E-state index in [1.165, 1.54) is 0 Å². The van der Waals surface area contributed by atoms with Crippen LogP contribution in [0.25, 0.3) is 11.1 Å². The van der Waals surface area contributed by atoms with Crippen molar-refractivity contribution in [2.75, 3.05) is 11.9 Å². The molecule has 3 aromatic carbocycles. The highest BCUT2D eigenvalue weighted by Crippen LogP contribution is 2.23. The van der Waals surface area contributed by atoms with Crippen molar-refractivity contribution in [3.05, 3.63) is 84.4 Å². The van der Waals surface area contributed by atoms with Gasteiger partial charge < -0.3 is 15.4 Å². The van der Waals surface area contributed by atoms with Gasteiger partial charge in [0, 0.05) is 6.54 Å². The minimum absolute atomic E-state index is 0.210. The van der Waals surface area contributed by atoms with Crippen molar-refractivity contribution in [2.24, 2.45) is 0 Å². The Hall–Kier alpha value is -3.60. The molecule has 0 bridgehead atoms. The van der Waals surface area contributed by atoms with Gasteiger partial charge in [0.25, 0.3) is 11.8 Å². The number of benzene rings is 3. The first-order valence-corrected chi connectivity index (χ1v) is 10.1. The first-order valence-electron chi connectivity index (χ1n) is 10.1. The Kier molecular flexibility index (Phi) is 7.22. The molecule has 0 fully saturated rings. The number of carbonyl (C=O) groups is 2. The summed E-state index contributed by atoms with van der Waals surface area (Å²) in [6.45, 7) is 4.25. The summed E-state index contributed by atoms with van der Waals surface area (Å²) in [6, 6.07) is 24.6. The summed E-state index contributed by atoms with van der Waals surface area (Å²) in [5, 5.41) is 5.63. The SMILES string of the molecule is CCCNC(=O)c1ccccc1NC(=O)C(C)Oc1ccc(-c2ccccc2)cc1. The minimum atomic E-state index is -0.723. The maximum atomic E-state index is 12.6. The van der Waals surface area contributed by atoms with Crippen molar-refractivity contribution in [2.45, 2.75) is 26.4 Å². The zero-order valence-corrected chi connectivity index (χ0v) is 17.2. The lowest BCUT2D eigenvalue weighted by molar-refractivity contribution is -0.122. The number of hydrogen-bond donors (Lipinski definition) is 2. The van der Waals surface area contributed by atoms with Gasteiger partial charge >= 0.3 is 0 Å². The summed E-state index contributed by atoms with van der Waals surface area (Å²) >= 11 is 0. The Morgan fingerprint density at radius 1 is 0.867 bits per heavy atom. The summed E-state index contributed by atoms with van der Waals surface area (Å²) in [5.41, 5.74) is 3.09. The largest absolute Gasteiger partial charge is 0.481 e. The lowest BCUT2D eigenvalue weighted by Gasteiger charge is -2.16. The van der Waals surface area contributed by atoms with Crippen LogP contribution in [0.15, 0.2) is 78.9 Å². The highest BCUT2D eigenvalue weighted by molar-refractivity contribution is 6.04. The van der Waals surface area contributed by atoms with E-state index in [4.69, 9.17) is 4.74 Å². The molecule has 5 nitrogen and oxygen atoms in total. The van der Waals surface area contributed by atoms with Crippen LogP contribution in [0.3, 0.4) is 0 Å². The molecule has 30 heavy (non-hydrogen) atoms. The topological polar surface area (TPSA) is 67.4 Å². The molecule has 0 spiro atoms. The minimum Gasteiger partial charge on any atom is -0.481 e. The van der Waals surface area contributed by atoms with Crippen LogP contribution < -0.4 is 15.4 Å². The molecule has 0 aliphatic carbocycles. The average Bonchev–Trinajstić information content (AvgIpc) is 2.79. The molecule has 5 heteroatoms. The molecule has 0 saturated heterocycles. The quantitative estimate of drug-likeness (QED) is 0.563. The Morgan fingerprint density at radius 3 is 2.20 bits per heavy atom. The number of para-hydroxylation sites is 1. The number of ether oxygens (including phenoxy) is 1. The van der Waals surface area contributed by atoms with E-state index in [9.17, 15) is 9.59 Å². The molecule has 0 radical (unpaired) electrons. The van der Waals surface area contributed by atoms with Crippen molar-refractivity contribution in [1.82, 2.24) is 5.32 Å². The molecule has 0 aromatic heterocycles. The van der Waals surface area contributed by atoms with Crippen LogP contribution in [0.4, 0.5) is 5.69 Å². The van der Waals surface area contributed by atoms with Gasteiger partial charge in [0.2, 0.25) is 0 Å². The van der Waals surface area contributed by atoms with Crippen molar-refractivity contribution in [3.63, 3.8) is 0 Å². The number of nitrogens with one attached hydrogen (secondary N) is 2. The van der Waals surface area contributed by atoms with E-state index in [2.05, 4.69) is 10.6 Å². The molecule has 0 aliphatic heterocycles. The van der Waals surface area contributed by atoms with Crippen molar-refractivity contribution in [1.29, 1.82) is 0 Å². The van der Waals surface area contributed by atoms with E-state index in [1.807, 2.05) is 61.5 Å². The second kappa shape index (κ2) is 10.3. The van der Waals surface area contributed by atoms with Crippen LogP contribution in [-0.4, -0.2) is 24.5 Å². The molecule has 154 valence electrons. The third-order valence-electron chi connectivity index (χ3n) is 4.61. The van der Waals surface area contributed by atoms with E-state index in [1.54, 1.807) is 31.2 Å². The number of carbonyl (C=O) groups excluding carboxylic acids is 2. The molecule has 0 heterocycles. The van der Waals surface area contributed by atoms with Gasteiger partial charge in [0.05, 0.1) is 11.3 Å². The van der Waals surface area contributed by atoms with Crippen molar-refractivity contribution < 1.29 is 14.3 Å². The molecule has 0 saturated carbocycles. The first kappa shape index (κ1) is 21.1. The molecule has 2 amide bonds. The maximum absolute atomic E-state index is 12.6. The van der Waals surface area contributed by atoms with E-state index in [0.29, 0.717) is 23.5 Å². The standard InChI is InChI=1S/C25H26N2O3/c1-3-17-26-25(29)22-11-7-8-12-23(22)27-24(28)18(2)30-21-15-13-20(14-16-21)19-9-5-4-6-10-19/h4-16,18H,3,17H2,1-2H3,(H,26,29)(H,27,28). The van der Waals surface area contributed by atoms with E-state index < -0.39 is 6.10 Å². The third-order valence-corrected chi connectivity index (χ3v) is 4.61. The molecule has 2 N–H and O–H groups in total. The van der Waals surface area contributed by atoms with Crippen LogP contribution in [0.2, 0.25) is 0 Å². The van der Waals surface area contributed by atoms with Crippen LogP contribution in [0.1, 0.15) is 30.6 Å². The number of amides is 2. The summed E-state index contributed by atoms with van der Waals surface area (Å²) in [6.07, 6.45) is 0.119. The van der Waals surface area contributed by atoms with E-state index in [0.717, 1.165) is 17.5 Å². The molecule has 0 aliphatic rings. The van der Waals surface area contributed by atoms with Gasteiger partial charge in [-0.25, -0.2) is 0 Å². The fraction of sp³-hybridized carbons (Fsp3) is 0.200. The summed E-state index contributed by atoms with van der Waals surface area (Å²) in [5.74, 6) is 0.0713. The fourth-order valence-corrected chi connectivity index (χ4v) is 2.97. The Morgan fingerprint density at radius 2 is 1.50 bits per heavy atom. The number of hydrogen-bond acceptors (Lipinski definition) is 3. The second-order valence-corrected chi connectivity index (χ2v) is 6.94. The number of rotatable bonds is 8. The van der Waals surface area contributed by atoms with Crippen LogP contribution in [-0.2, 0) is 4.79 Å². The molecule has 3 aromatic rings. The highest BCUT2D eigenvalue weighted by Gasteiger charge is 2.18. The van der Waals surface area contributed by atoms with Crippen molar-refractivity contribution in [3.8, 4) is 16.9 Å². The second-order valence-electron chi connectivity index (χ2n) is 6.94. The summed E-state index contributed by atoms with van der Waals surface area (Å²) < 4.78 is 5.79. The normalized spacial score (nSPS) is 11.4. The molecule has 3 rings (SSSR count). The van der Waals surface area contributed by atoms with Gasteiger partial charge in [-0.3, -0.25) is 9.59 Å². The zero-order valence-electron chi connectivity index (χ0n) is 17.2. The van der Waals surface area contributed by atoms with Gasteiger partial charge in [0.1, 0.15) is 5.75 Å².